The normalized spacial score (nSPS) is 10.9. The van der Waals surface area contributed by atoms with Crippen LogP contribution in [0.2, 0.25) is 0 Å². The van der Waals surface area contributed by atoms with E-state index in [9.17, 15) is 8.78 Å². The first-order chi connectivity index (χ1) is 8.25. The van der Waals surface area contributed by atoms with Gasteiger partial charge in [0, 0.05) is 0 Å². The van der Waals surface area contributed by atoms with Crippen LogP contribution in [0.3, 0.4) is 0 Å². The van der Waals surface area contributed by atoms with Crippen LogP contribution in [0.15, 0.2) is 42.7 Å². The quantitative estimate of drug-likeness (QED) is 0.603. The van der Waals surface area contributed by atoms with Crippen LogP contribution in [-0.4, -0.2) is 14.5 Å². The lowest BCUT2D eigenvalue weighted by molar-refractivity contribution is 0.509. The molecule has 0 radical (unpaired) electrons. The molecule has 0 unspecified atom stereocenters. The third-order valence-corrected chi connectivity index (χ3v) is 2.51. The van der Waals surface area contributed by atoms with E-state index in [0.29, 0.717) is 0 Å². The molecule has 0 fully saturated rings. The standard InChI is InChI=1S/C12H7F2N3/c13-11-6-5-10(12(14)16-11)17-7-15-8-3-1-2-4-9(8)17/h1-7H. The van der Waals surface area contributed by atoms with E-state index >= 15 is 0 Å². The summed E-state index contributed by atoms with van der Waals surface area (Å²) in [6.07, 6.45) is 1.49. The molecule has 84 valence electrons. The number of hydrogen-bond donors (Lipinski definition) is 0. The lowest BCUT2D eigenvalue weighted by atomic mass is 10.3. The fourth-order valence-electron chi connectivity index (χ4n) is 1.74. The molecule has 0 amide bonds. The predicted molar refractivity (Wildman–Crippen MR) is 58.8 cm³/mol. The molecule has 5 heteroatoms. The van der Waals surface area contributed by atoms with Gasteiger partial charge in [-0.3, -0.25) is 4.57 Å². The van der Waals surface area contributed by atoms with Gasteiger partial charge in [-0.2, -0.15) is 13.8 Å². The Bertz CT molecular complexity index is 691. The molecule has 0 bridgehead atoms. The topological polar surface area (TPSA) is 30.7 Å². The highest BCUT2D eigenvalue weighted by atomic mass is 19.1. The number of nitrogens with zero attached hydrogens (tertiary/aromatic N) is 3. The first kappa shape index (κ1) is 9.89. The van der Waals surface area contributed by atoms with Crippen LogP contribution in [0.25, 0.3) is 16.7 Å². The number of hydrogen-bond acceptors (Lipinski definition) is 2. The van der Waals surface area contributed by atoms with Crippen molar-refractivity contribution in [2.45, 2.75) is 0 Å². The molecule has 2 heterocycles. The molecule has 0 spiro atoms. The molecule has 0 aliphatic rings. The molecule has 0 atom stereocenters. The van der Waals surface area contributed by atoms with Gasteiger partial charge in [-0.1, -0.05) is 12.1 Å². The number of pyridine rings is 1. The summed E-state index contributed by atoms with van der Waals surface area (Å²) >= 11 is 0. The Balaban J connectivity index is 2.27. The minimum Gasteiger partial charge on any atom is -0.294 e. The molecule has 0 N–H and O–H groups in total. The van der Waals surface area contributed by atoms with Gasteiger partial charge in [-0.05, 0) is 24.3 Å². The van der Waals surface area contributed by atoms with Crippen LogP contribution in [0.4, 0.5) is 8.78 Å². The second kappa shape index (κ2) is 3.62. The van der Waals surface area contributed by atoms with E-state index < -0.39 is 11.9 Å². The molecule has 0 aliphatic carbocycles. The molecule has 3 aromatic rings. The third kappa shape index (κ3) is 1.56. The van der Waals surface area contributed by atoms with Crippen LogP contribution < -0.4 is 0 Å². The second-order valence-electron chi connectivity index (χ2n) is 3.55. The highest BCUT2D eigenvalue weighted by Gasteiger charge is 2.10. The van der Waals surface area contributed by atoms with Gasteiger partial charge >= 0.3 is 0 Å². The Kier molecular flexibility index (Phi) is 2.11. The lowest BCUT2D eigenvalue weighted by Crippen LogP contribution is -1.99. The molecule has 3 nitrogen and oxygen atoms in total. The Hall–Kier alpha value is -2.30. The van der Waals surface area contributed by atoms with E-state index in [0.717, 1.165) is 17.1 Å². The van der Waals surface area contributed by atoms with E-state index in [4.69, 9.17) is 0 Å². The maximum atomic E-state index is 13.5. The van der Waals surface area contributed by atoms with Crippen molar-refractivity contribution in [1.29, 1.82) is 0 Å². The Morgan fingerprint density at radius 1 is 1.00 bits per heavy atom. The molecular weight excluding hydrogens is 224 g/mol. The summed E-state index contributed by atoms with van der Waals surface area (Å²) in [5.74, 6) is -1.69. The van der Waals surface area contributed by atoms with E-state index in [-0.39, 0.29) is 5.69 Å². The molecule has 17 heavy (non-hydrogen) atoms. The van der Waals surface area contributed by atoms with Crippen molar-refractivity contribution < 1.29 is 8.78 Å². The van der Waals surface area contributed by atoms with E-state index in [1.807, 2.05) is 24.3 Å². The van der Waals surface area contributed by atoms with Crippen molar-refractivity contribution in [3.63, 3.8) is 0 Å². The Morgan fingerprint density at radius 3 is 2.65 bits per heavy atom. The largest absolute Gasteiger partial charge is 0.294 e. The van der Waals surface area contributed by atoms with Crippen molar-refractivity contribution in [3.8, 4) is 5.69 Å². The molecular formula is C12H7F2N3. The minimum atomic E-state index is -0.854. The maximum absolute atomic E-state index is 13.5. The number of aromatic nitrogens is 3. The zero-order valence-corrected chi connectivity index (χ0v) is 8.64. The van der Waals surface area contributed by atoms with Gasteiger partial charge in [0.05, 0.1) is 11.0 Å². The van der Waals surface area contributed by atoms with Gasteiger partial charge in [0.15, 0.2) is 0 Å². The number of imidazole rings is 1. The predicted octanol–water partition coefficient (Wildman–Crippen LogP) is 2.70. The number of halogens is 2. The number of fused-ring (bicyclic) bond motifs is 1. The first-order valence-electron chi connectivity index (χ1n) is 5.00. The van der Waals surface area contributed by atoms with Gasteiger partial charge < -0.3 is 0 Å². The zero-order chi connectivity index (χ0) is 11.8. The van der Waals surface area contributed by atoms with Crippen LogP contribution in [-0.2, 0) is 0 Å². The smallest absolute Gasteiger partial charge is 0.239 e. The SMILES string of the molecule is Fc1ccc(-n2cnc3ccccc32)c(F)n1. The summed E-state index contributed by atoms with van der Waals surface area (Å²) in [4.78, 5) is 7.29. The number of para-hydroxylation sites is 2. The number of rotatable bonds is 1. The van der Waals surface area contributed by atoms with E-state index in [1.54, 1.807) is 0 Å². The van der Waals surface area contributed by atoms with Crippen LogP contribution in [0, 0.1) is 11.9 Å². The number of benzene rings is 1. The average molecular weight is 231 g/mol. The molecule has 1 aromatic carbocycles. The van der Waals surface area contributed by atoms with E-state index in [1.165, 1.54) is 17.0 Å². The zero-order valence-electron chi connectivity index (χ0n) is 8.64. The Labute approximate surface area is 95.4 Å². The summed E-state index contributed by atoms with van der Waals surface area (Å²) in [6, 6.07) is 9.76. The van der Waals surface area contributed by atoms with Gasteiger partial charge in [-0.25, -0.2) is 4.98 Å². The summed E-state index contributed by atoms with van der Waals surface area (Å²) < 4.78 is 27.8. The van der Waals surface area contributed by atoms with Crippen molar-refractivity contribution in [2.24, 2.45) is 0 Å². The molecule has 0 saturated carbocycles. The van der Waals surface area contributed by atoms with Crippen molar-refractivity contribution >= 4 is 11.0 Å². The first-order valence-corrected chi connectivity index (χ1v) is 5.00. The second-order valence-corrected chi connectivity index (χ2v) is 3.55. The van der Waals surface area contributed by atoms with Gasteiger partial charge in [0.2, 0.25) is 11.9 Å². The Morgan fingerprint density at radius 2 is 1.82 bits per heavy atom. The summed E-state index contributed by atoms with van der Waals surface area (Å²) in [5, 5.41) is 0. The van der Waals surface area contributed by atoms with Crippen LogP contribution >= 0.6 is 0 Å². The van der Waals surface area contributed by atoms with Gasteiger partial charge in [0.1, 0.15) is 12.0 Å². The lowest BCUT2D eigenvalue weighted by Gasteiger charge is -2.04. The summed E-state index contributed by atoms with van der Waals surface area (Å²) in [5.41, 5.74) is 1.68. The van der Waals surface area contributed by atoms with Crippen molar-refractivity contribution in [2.75, 3.05) is 0 Å². The fourth-order valence-corrected chi connectivity index (χ4v) is 1.74. The van der Waals surface area contributed by atoms with Crippen molar-refractivity contribution in [3.05, 3.63) is 54.6 Å². The van der Waals surface area contributed by atoms with Crippen LogP contribution in [0.5, 0.6) is 0 Å². The van der Waals surface area contributed by atoms with Crippen molar-refractivity contribution in [1.82, 2.24) is 14.5 Å². The van der Waals surface area contributed by atoms with E-state index in [2.05, 4.69) is 9.97 Å². The molecule has 0 saturated heterocycles. The highest BCUT2D eigenvalue weighted by molar-refractivity contribution is 5.77. The monoisotopic (exact) mass is 231 g/mol. The highest BCUT2D eigenvalue weighted by Crippen LogP contribution is 2.19. The molecule has 3 rings (SSSR count). The van der Waals surface area contributed by atoms with Gasteiger partial charge in [0.25, 0.3) is 0 Å². The molecule has 2 aromatic heterocycles. The third-order valence-electron chi connectivity index (χ3n) is 2.51. The summed E-state index contributed by atoms with van der Waals surface area (Å²) in [6.45, 7) is 0. The molecule has 0 aliphatic heterocycles. The average Bonchev–Trinajstić information content (AvgIpc) is 2.73. The maximum Gasteiger partial charge on any atom is 0.239 e. The van der Waals surface area contributed by atoms with Gasteiger partial charge in [-0.15, -0.1) is 0 Å². The summed E-state index contributed by atoms with van der Waals surface area (Å²) in [7, 11) is 0. The van der Waals surface area contributed by atoms with Crippen LogP contribution in [0.1, 0.15) is 0 Å². The minimum absolute atomic E-state index is 0.181. The fraction of sp³-hybridized carbons (Fsp3) is 0.